The zero-order valence-electron chi connectivity index (χ0n) is 8.64. The Morgan fingerprint density at radius 3 is 2.75 bits per heavy atom. The highest BCUT2D eigenvalue weighted by Gasteiger charge is 2.21. The molecule has 0 spiro atoms. The lowest BCUT2D eigenvalue weighted by Gasteiger charge is -2.06. The molecule has 7 heteroatoms. The molecule has 0 saturated heterocycles. The first-order valence-electron chi connectivity index (χ1n) is 5.06. The summed E-state index contributed by atoms with van der Waals surface area (Å²) in [5.74, 6) is 6.63. The number of hydrogen-bond donors (Lipinski definition) is 3. The van der Waals surface area contributed by atoms with E-state index < -0.39 is 4.92 Å². The molecule has 1 aromatic heterocycles. The molecule has 0 aliphatic heterocycles. The summed E-state index contributed by atoms with van der Waals surface area (Å²) >= 11 is 0. The molecular formula is C9H13N5O2. The Morgan fingerprint density at radius 2 is 2.19 bits per heavy atom. The number of hydrazine groups is 1. The molecule has 16 heavy (non-hydrogen) atoms. The quantitative estimate of drug-likeness (QED) is 0.392. The molecule has 1 fully saturated rings. The number of pyridine rings is 1. The number of rotatable bonds is 5. The van der Waals surface area contributed by atoms with E-state index in [2.05, 4.69) is 15.7 Å². The van der Waals surface area contributed by atoms with Gasteiger partial charge in [0.25, 0.3) is 5.69 Å². The molecule has 1 aromatic rings. The topological polar surface area (TPSA) is 106 Å². The van der Waals surface area contributed by atoms with Gasteiger partial charge in [-0.05, 0) is 18.8 Å². The normalized spacial score (nSPS) is 14.6. The Kier molecular flexibility index (Phi) is 2.86. The summed E-state index contributed by atoms with van der Waals surface area (Å²) in [4.78, 5) is 14.3. The molecule has 0 radical (unpaired) electrons. The molecule has 0 aromatic carbocycles. The second-order valence-electron chi connectivity index (χ2n) is 3.82. The van der Waals surface area contributed by atoms with Crippen molar-refractivity contribution in [3.8, 4) is 0 Å². The number of nitrogens with one attached hydrogen (secondary N) is 2. The Balaban J connectivity index is 2.14. The maximum absolute atomic E-state index is 10.7. The van der Waals surface area contributed by atoms with Crippen LogP contribution in [0.2, 0.25) is 0 Å². The number of hydrogen-bond acceptors (Lipinski definition) is 6. The Bertz CT molecular complexity index is 405. The molecule has 0 bridgehead atoms. The minimum Gasteiger partial charge on any atom is -0.370 e. The van der Waals surface area contributed by atoms with E-state index in [9.17, 15) is 10.1 Å². The summed E-state index contributed by atoms with van der Waals surface area (Å²) in [7, 11) is 0. The molecule has 0 atom stereocenters. The Hall–Kier alpha value is -1.89. The average molecular weight is 223 g/mol. The third kappa shape index (κ3) is 2.57. The summed E-state index contributed by atoms with van der Waals surface area (Å²) in [6.45, 7) is 0.804. The van der Waals surface area contributed by atoms with Gasteiger partial charge in [0.15, 0.2) is 0 Å². The fourth-order valence-corrected chi connectivity index (χ4v) is 1.36. The summed E-state index contributed by atoms with van der Waals surface area (Å²) in [6.07, 6.45) is 2.42. The van der Waals surface area contributed by atoms with Gasteiger partial charge in [0, 0.05) is 6.54 Å². The Morgan fingerprint density at radius 1 is 1.50 bits per heavy atom. The molecule has 0 unspecified atom stereocenters. The predicted octanol–water partition coefficient (Wildman–Crippen LogP) is 1.10. The first-order valence-corrected chi connectivity index (χ1v) is 5.06. The van der Waals surface area contributed by atoms with E-state index in [-0.39, 0.29) is 11.5 Å². The lowest BCUT2D eigenvalue weighted by molar-refractivity contribution is -0.384. The lowest BCUT2D eigenvalue weighted by atomic mass is 10.3. The van der Waals surface area contributed by atoms with E-state index in [1.54, 1.807) is 0 Å². The van der Waals surface area contributed by atoms with Crippen molar-refractivity contribution in [3.05, 3.63) is 22.2 Å². The molecule has 86 valence electrons. The van der Waals surface area contributed by atoms with Gasteiger partial charge in [-0.25, -0.2) is 10.8 Å². The molecule has 7 nitrogen and oxygen atoms in total. The average Bonchev–Trinajstić information content (AvgIpc) is 3.09. The largest absolute Gasteiger partial charge is 0.370 e. The van der Waals surface area contributed by atoms with Gasteiger partial charge in [-0.2, -0.15) is 0 Å². The first-order chi connectivity index (χ1) is 7.69. The summed E-state index contributed by atoms with van der Waals surface area (Å²) < 4.78 is 0. The standard InChI is InChI=1S/C9H13N5O2/c10-13-9-4-7(14(15)16)3-8(12-9)11-5-6-1-2-6/h3-4,6H,1-2,5,10H2,(H2,11,12,13). The van der Waals surface area contributed by atoms with E-state index >= 15 is 0 Å². The van der Waals surface area contributed by atoms with Crippen LogP contribution >= 0.6 is 0 Å². The smallest absolute Gasteiger partial charge is 0.276 e. The van der Waals surface area contributed by atoms with Gasteiger partial charge in [-0.15, -0.1) is 0 Å². The van der Waals surface area contributed by atoms with Crippen molar-refractivity contribution in [3.63, 3.8) is 0 Å². The molecular weight excluding hydrogens is 210 g/mol. The molecule has 1 aliphatic rings. The number of nitrogens with zero attached hydrogens (tertiary/aromatic N) is 2. The van der Waals surface area contributed by atoms with Crippen LogP contribution in [0.25, 0.3) is 0 Å². The SMILES string of the molecule is NNc1cc([N+](=O)[O-])cc(NCC2CC2)n1. The second-order valence-corrected chi connectivity index (χ2v) is 3.82. The van der Waals surface area contributed by atoms with Crippen LogP contribution in [0.3, 0.4) is 0 Å². The van der Waals surface area contributed by atoms with Gasteiger partial charge in [0.05, 0.1) is 17.1 Å². The number of nitro groups is 1. The van der Waals surface area contributed by atoms with Crippen molar-refractivity contribution in [2.45, 2.75) is 12.8 Å². The van der Waals surface area contributed by atoms with Crippen LogP contribution in [0, 0.1) is 16.0 Å². The maximum atomic E-state index is 10.7. The molecule has 0 amide bonds. The summed E-state index contributed by atoms with van der Waals surface area (Å²) in [5.41, 5.74) is 2.28. The monoisotopic (exact) mass is 223 g/mol. The number of aromatic nitrogens is 1. The second kappa shape index (κ2) is 4.31. The first kappa shape index (κ1) is 10.6. The third-order valence-electron chi connectivity index (χ3n) is 2.44. The van der Waals surface area contributed by atoms with Crippen molar-refractivity contribution < 1.29 is 4.92 Å². The van der Waals surface area contributed by atoms with E-state index in [4.69, 9.17) is 5.84 Å². The van der Waals surface area contributed by atoms with Crippen molar-refractivity contribution >= 4 is 17.3 Å². The molecule has 1 heterocycles. The van der Waals surface area contributed by atoms with E-state index in [1.807, 2.05) is 0 Å². The number of nitrogens with two attached hydrogens (primary N) is 1. The number of nitrogen functional groups attached to an aromatic ring is 1. The van der Waals surface area contributed by atoms with Gasteiger partial charge in [0.2, 0.25) is 0 Å². The van der Waals surface area contributed by atoms with Crippen molar-refractivity contribution in [2.24, 2.45) is 11.8 Å². The minimum absolute atomic E-state index is 0.0266. The molecule has 1 aliphatic carbocycles. The summed E-state index contributed by atoms with van der Waals surface area (Å²) in [5, 5.41) is 13.7. The fourth-order valence-electron chi connectivity index (χ4n) is 1.36. The van der Waals surface area contributed by atoms with Crippen LogP contribution < -0.4 is 16.6 Å². The van der Waals surface area contributed by atoms with Gasteiger partial charge < -0.3 is 10.7 Å². The fraction of sp³-hybridized carbons (Fsp3) is 0.444. The van der Waals surface area contributed by atoms with Crippen LogP contribution in [0.4, 0.5) is 17.3 Å². The van der Waals surface area contributed by atoms with Gasteiger partial charge in [-0.1, -0.05) is 0 Å². The van der Waals surface area contributed by atoms with Crippen LogP contribution in [0.1, 0.15) is 12.8 Å². The minimum atomic E-state index is -0.467. The van der Waals surface area contributed by atoms with Crippen LogP contribution in [-0.2, 0) is 0 Å². The van der Waals surface area contributed by atoms with Crippen molar-refractivity contribution in [1.82, 2.24) is 4.98 Å². The molecule has 2 rings (SSSR count). The molecule has 1 saturated carbocycles. The molecule has 4 N–H and O–H groups in total. The van der Waals surface area contributed by atoms with Crippen molar-refractivity contribution in [2.75, 3.05) is 17.3 Å². The highest BCUT2D eigenvalue weighted by atomic mass is 16.6. The zero-order valence-corrected chi connectivity index (χ0v) is 8.64. The van der Waals surface area contributed by atoms with Crippen LogP contribution in [0.15, 0.2) is 12.1 Å². The maximum Gasteiger partial charge on any atom is 0.276 e. The Labute approximate surface area is 92.2 Å². The lowest BCUT2D eigenvalue weighted by Crippen LogP contribution is -2.11. The van der Waals surface area contributed by atoms with E-state index in [1.165, 1.54) is 25.0 Å². The predicted molar refractivity (Wildman–Crippen MR) is 59.9 cm³/mol. The van der Waals surface area contributed by atoms with Crippen LogP contribution in [-0.4, -0.2) is 16.5 Å². The van der Waals surface area contributed by atoms with Gasteiger partial charge in [0.1, 0.15) is 11.6 Å². The van der Waals surface area contributed by atoms with E-state index in [0.717, 1.165) is 6.54 Å². The third-order valence-corrected chi connectivity index (χ3v) is 2.44. The number of anilines is 2. The highest BCUT2D eigenvalue weighted by molar-refractivity contribution is 5.54. The van der Waals surface area contributed by atoms with Gasteiger partial charge >= 0.3 is 0 Å². The van der Waals surface area contributed by atoms with E-state index in [0.29, 0.717) is 11.7 Å². The summed E-state index contributed by atoms with van der Waals surface area (Å²) in [6, 6.07) is 2.70. The van der Waals surface area contributed by atoms with Crippen molar-refractivity contribution in [1.29, 1.82) is 0 Å². The van der Waals surface area contributed by atoms with Crippen LogP contribution in [0.5, 0.6) is 0 Å². The zero-order chi connectivity index (χ0) is 11.5. The highest BCUT2D eigenvalue weighted by Crippen LogP contribution is 2.29. The van der Waals surface area contributed by atoms with Gasteiger partial charge in [-0.3, -0.25) is 10.1 Å².